The number of amides is 2. The van der Waals surface area contributed by atoms with Gasteiger partial charge in [0, 0.05) is 34.0 Å². The number of anilines is 1. The van der Waals surface area contributed by atoms with Crippen molar-refractivity contribution in [1.82, 2.24) is 19.9 Å². The smallest absolute Gasteiger partial charge is 0.280 e. The second-order valence-electron chi connectivity index (χ2n) is 7.36. The SMILES string of the molecule is CC(C)(C)NC(=O)[C@@H](c1ccncc1)N(C(=O)c1csnn1)c1ccc(Cl)cc1. The van der Waals surface area contributed by atoms with E-state index in [2.05, 4.69) is 19.9 Å². The lowest BCUT2D eigenvalue weighted by atomic mass is 10.0. The first-order valence-electron chi connectivity index (χ1n) is 8.84. The summed E-state index contributed by atoms with van der Waals surface area (Å²) in [5.74, 6) is -0.762. The molecule has 0 unspecified atom stereocenters. The van der Waals surface area contributed by atoms with Gasteiger partial charge >= 0.3 is 0 Å². The zero-order valence-corrected chi connectivity index (χ0v) is 17.7. The van der Waals surface area contributed by atoms with Crippen LogP contribution in [-0.4, -0.2) is 31.9 Å². The van der Waals surface area contributed by atoms with Crippen LogP contribution in [0.3, 0.4) is 0 Å². The maximum absolute atomic E-state index is 13.4. The average molecular weight is 430 g/mol. The van der Waals surface area contributed by atoms with Crippen molar-refractivity contribution in [3.63, 3.8) is 0 Å². The summed E-state index contributed by atoms with van der Waals surface area (Å²) in [7, 11) is 0. The summed E-state index contributed by atoms with van der Waals surface area (Å²) in [5.41, 5.74) is 0.804. The van der Waals surface area contributed by atoms with Gasteiger partial charge in [-0.1, -0.05) is 16.1 Å². The molecule has 1 atom stereocenters. The van der Waals surface area contributed by atoms with Gasteiger partial charge < -0.3 is 5.32 Å². The molecule has 3 aromatic rings. The van der Waals surface area contributed by atoms with Gasteiger partial charge in [0.15, 0.2) is 5.69 Å². The quantitative estimate of drug-likeness (QED) is 0.664. The van der Waals surface area contributed by atoms with E-state index < -0.39 is 17.5 Å². The minimum atomic E-state index is -0.937. The van der Waals surface area contributed by atoms with Gasteiger partial charge in [0.05, 0.1) is 0 Å². The van der Waals surface area contributed by atoms with Crippen LogP contribution in [0.1, 0.15) is 42.9 Å². The first-order chi connectivity index (χ1) is 13.8. The number of rotatable bonds is 5. The van der Waals surface area contributed by atoms with Crippen LogP contribution in [0.15, 0.2) is 54.2 Å². The van der Waals surface area contributed by atoms with Crippen LogP contribution in [0.4, 0.5) is 5.69 Å². The fraction of sp³-hybridized carbons (Fsp3) is 0.250. The van der Waals surface area contributed by atoms with Crippen molar-refractivity contribution in [2.75, 3.05) is 4.90 Å². The van der Waals surface area contributed by atoms with Crippen molar-refractivity contribution in [1.29, 1.82) is 0 Å². The monoisotopic (exact) mass is 429 g/mol. The fourth-order valence-electron chi connectivity index (χ4n) is 2.77. The number of carbonyl (C=O) groups excluding carboxylic acids is 2. The average Bonchev–Trinajstić information content (AvgIpc) is 3.20. The first kappa shape index (κ1) is 20.9. The number of aromatic nitrogens is 3. The number of carbonyl (C=O) groups is 2. The van der Waals surface area contributed by atoms with Gasteiger partial charge in [0.25, 0.3) is 5.91 Å². The molecule has 150 valence electrons. The number of hydrogen-bond acceptors (Lipinski definition) is 6. The zero-order chi connectivity index (χ0) is 21.0. The third-order valence-corrected chi connectivity index (χ3v) is 4.69. The molecule has 0 fully saturated rings. The summed E-state index contributed by atoms with van der Waals surface area (Å²) in [6, 6.07) is 9.21. The Labute approximate surface area is 177 Å². The fourth-order valence-corrected chi connectivity index (χ4v) is 3.32. The minimum Gasteiger partial charge on any atom is -0.349 e. The topological polar surface area (TPSA) is 88.1 Å². The number of benzene rings is 1. The van der Waals surface area contributed by atoms with Crippen molar-refractivity contribution >= 4 is 40.6 Å². The molecule has 0 saturated heterocycles. The van der Waals surface area contributed by atoms with Gasteiger partial charge in [-0.15, -0.1) is 5.10 Å². The Bertz CT molecular complexity index is 972. The Balaban J connectivity index is 2.15. The standard InChI is InChI=1S/C20H20ClN5O2S/c1-20(2,3)23-18(27)17(13-8-10-22-11-9-13)26(15-6-4-14(21)5-7-15)19(28)16-12-29-25-24-16/h4-12,17H,1-3H3,(H,23,27)/t17-/m1/s1. The van der Waals surface area contributed by atoms with Crippen LogP contribution in [-0.2, 0) is 4.79 Å². The van der Waals surface area contributed by atoms with Crippen LogP contribution >= 0.6 is 23.1 Å². The largest absolute Gasteiger partial charge is 0.349 e. The molecule has 0 aliphatic heterocycles. The molecule has 2 amide bonds. The van der Waals surface area contributed by atoms with Crippen LogP contribution in [0.25, 0.3) is 0 Å². The Kier molecular flexibility index (Phi) is 6.24. The number of halogens is 1. The molecule has 0 aliphatic carbocycles. The van der Waals surface area contributed by atoms with Crippen molar-refractivity contribution in [2.24, 2.45) is 0 Å². The van der Waals surface area contributed by atoms with Crippen molar-refractivity contribution < 1.29 is 9.59 Å². The number of nitrogens with one attached hydrogen (secondary N) is 1. The molecule has 0 bridgehead atoms. The highest BCUT2D eigenvalue weighted by atomic mass is 35.5. The maximum Gasteiger partial charge on any atom is 0.280 e. The first-order valence-corrected chi connectivity index (χ1v) is 10.1. The van der Waals surface area contributed by atoms with Crippen LogP contribution < -0.4 is 10.2 Å². The van der Waals surface area contributed by atoms with E-state index in [0.29, 0.717) is 16.3 Å². The lowest BCUT2D eigenvalue weighted by Crippen LogP contribution is -2.49. The second kappa shape index (κ2) is 8.67. The summed E-state index contributed by atoms with van der Waals surface area (Å²) >= 11 is 7.10. The lowest BCUT2D eigenvalue weighted by molar-refractivity contribution is -0.123. The molecule has 2 heterocycles. The summed E-state index contributed by atoms with van der Waals surface area (Å²) in [6.07, 6.45) is 3.17. The van der Waals surface area contributed by atoms with Gasteiger partial charge in [-0.3, -0.25) is 19.5 Å². The second-order valence-corrected chi connectivity index (χ2v) is 8.41. The van der Waals surface area contributed by atoms with E-state index >= 15 is 0 Å². The Morgan fingerprint density at radius 3 is 2.31 bits per heavy atom. The van der Waals surface area contributed by atoms with E-state index in [1.165, 1.54) is 4.90 Å². The molecular weight excluding hydrogens is 410 g/mol. The van der Waals surface area contributed by atoms with Crippen LogP contribution in [0.2, 0.25) is 5.02 Å². The molecule has 2 aromatic heterocycles. The number of hydrogen-bond donors (Lipinski definition) is 1. The molecule has 1 aromatic carbocycles. The van der Waals surface area contributed by atoms with E-state index in [9.17, 15) is 9.59 Å². The molecule has 9 heteroatoms. The van der Waals surface area contributed by atoms with E-state index in [1.54, 1.807) is 54.2 Å². The summed E-state index contributed by atoms with van der Waals surface area (Å²) < 4.78 is 3.78. The molecular formula is C20H20ClN5O2S. The molecule has 7 nitrogen and oxygen atoms in total. The maximum atomic E-state index is 13.4. The highest BCUT2D eigenvalue weighted by Crippen LogP contribution is 2.30. The predicted molar refractivity (Wildman–Crippen MR) is 113 cm³/mol. The summed E-state index contributed by atoms with van der Waals surface area (Å²) in [6.45, 7) is 5.65. The van der Waals surface area contributed by atoms with E-state index in [0.717, 1.165) is 11.5 Å². The van der Waals surface area contributed by atoms with E-state index in [4.69, 9.17) is 11.6 Å². The zero-order valence-electron chi connectivity index (χ0n) is 16.2. The van der Waals surface area contributed by atoms with Crippen LogP contribution in [0.5, 0.6) is 0 Å². The highest BCUT2D eigenvalue weighted by Gasteiger charge is 2.35. The Morgan fingerprint density at radius 2 is 1.76 bits per heavy atom. The number of nitrogens with zero attached hydrogens (tertiary/aromatic N) is 4. The van der Waals surface area contributed by atoms with Crippen molar-refractivity contribution in [2.45, 2.75) is 32.4 Å². The Morgan fingerprint density at radius 1 is 1.10 bits per heavy atom. The molecule has 3 rings (SSSR count). The molecule has 29 heavy (non-hydrogen) atoms. The molecule has 0 radical (unpaired) electrons. The van der Waals surface area contributed by atoms with Gasteiger partial charge in [-0.25, -0.2) is 0 Å². The van der Waals surface area contributed by atoms with Crippen LogP contribution in [0, 0.1) is 0 Å². The van der Waals surface area contributed by atoms with Gasteiger partial charge in [0.2, 0.25) is 5.91 Å². The Hall–Kier alpha value is -2.84. The minimum absolute atomic E-state index is 0.160. The highest BCUT2D eigenvalue weighted by molar-refractivity contribution is 7.03. The molecule has 0 saturated carbocycles. The molecule has 0 aliphatic rings. The summed E-state index contributed by atoms with van der Waals surface area (Å²) in [4.78, 5) is 32.1. The normalized spacial score (nSPS) is 12.3. The summed E-state index contributed by atoms with van der Waals surface area (Å²) in [5, 5.41) is 8.94. The van der Waals surface area contributed by atoms with E-state index in [-0.39, 0.29) is 11.6 Å². The van der Waals surface area contributed by atoms with E-state index in [1.807, 2.05) is 20.8 Å². The third kappa shape index (κ3) is 5.16. The van der Waals surface area contributed by atoms with Crippen molar-refractivity contribution in [3.8, 4) is 0 Å². The van der Waals surface area contributed by atoms with Gasteiger partial charge in [-0.05, 0) is 74.3 Å². The number of pyridine rings is 1. The third-order valence-electron chi connectivity index (χ3n) is 3.93. The lowest BCUT2D eigenvalue weighted by Gasteiger charge is -2.33. The van der Waals surface area contributed by atoms with Crippen molar-refractivity contribution in [3.05, 3.63) is 70.5 Å². The van der Waals surface area contributed by atoms with Gasteiger partial charge in [0.1, 0.15) is 6.04 Å². The molecule has 0 spiro atoms. The van der Waals surface area contributed by atoms with Gasteiger partial charge in [-0.2, -0.15) is 0 Å². The predicted octanol–water partition coefficient (Wildman–Crippen LogP) is 3.89. The molecule has 1 N–H and O–H groups in total.